The van der Waals surface area contributed by atoms with Gasteiger partial charge in [-0.3, -0.25) is 4.90 Å². The Balaban J connectivity index is 1.71. The molecule has 2 atom stereocenters. The number of carbonyl (C=O) groups excluding carboxylic acids is 1. The first-order valence-electron chi connectivity index (χ1n) is 8.82. The van der Waals surface area contributed by atoms with Crippen LogP contribution in [0.1, 0.15) is 17.5 Å². The quantitative estimate of drug-likeness (QED) is 0.759. The highest BCUT2D eigenvalue weighted by Crippen LogP contribution is 2.33. The molecule has 1 heterocycles. The highest BCUT2D eigenvalue weighted by molar-refractivity contribution is 5.77. The SMILES string of the molecule is COc1ccc(CO[C@H]2CN(C(=O)O)[C@@](C=O)(Cc3ccccc3)C2)cc1. The first-order chi connectivity index (χ1) is 13.1. The van der Waals surface area contributed by atoms with E-state index in [-0.39, 0.29) is 12.6 Å². The highest BCUT2D eigenvalue weighted by Gasteiger charge is 2.48. The number of methoxy groups -OCH3 is 1. The standard InChI is InChI=1S/C21H23NO5/c1-26-18-9-7-17(8-10-18)14-27-19-12-21(15-23,22(13-19)20(24)25)11-16-5-3-2-4-6-16/h2-10,15,19H,11-14H2,1H3,(H,24,25)/t19-,21+/m1/s1. The lowest BCUT2D eigenvalue weighted by atomic mass is 9.89. The van der Waals surface area contributed by atoms with Gasteiger partial charge in [0.1, 0.15) is 17.6 Å². The van der Waals surface area contributed by atoms with Crippen LogP contribution in [-0.2, 0) is 22.6 Å². The van der Waals surface area contributed by atoms with Gasteiger partial charge in [-0.05, 0) is 23.3 Å². The number of carbonyl (C=O) groups is 2. The summed E-state index contributed by atoms with van der Waals surface area (Å²) in [4.78, 5) is 24.9. The van der Waals surface area contributed by atoms with Gasteiger partial charge in [0.2, 0.25) is 0 Å². The maximum Gasteiger partial charge on any atom is 0.408 e. The zero-order chi connectivity index (χ0) is 19.3. The first-order valence-corrected chi connectivity index (χ1v) is 8.82. The molecule has 3 rings (SSSR count). The molecule has 1 saturated heterocycles. The molecule has 1 N–H and O–H groups in total. The zero-order valence-electron chi connectivity index (χ0n) is 15.2. The Kier molecular flexibility index (Phi) is 5.76. The van der Waals surface area contributed by atoms with E-state index in [0.29, 0.717) is 19.4 Å². The summed E-state index contributed by atoms with van der Waals surface area (Å²) in [5.74, 6) is 0.763. The number of ether oxygens (including phenoxy) is 2. The zero-order valence-corrected chi connectivity index (χ0v) is 15.2. The summed E-state index contributed by atoms with van der Waals surface area (Å²) in [6.45, 7) is 0.527. The highest BCUT2D eigenvalue weighted by atomic mass is 16.5. The molecule has 0 radical (unpaired) electrons. The number of nitrogens with zero attached hydrogens (tertiary/aromatic N) is 1. The Morgan fingerprint density at radius 1 is 1.19 bits per heavy atom. The van der Waals surface area contributed by atoms with Gasteiger partial charge in [-0.1, -0.05) is 42.5 Å². The Hall–Kier alpha value is -2.86. The molecule has 6 nitrogen and oxygen atoms in total. The number of benzene rings is 2. The van der Waals surface area contributed by atoms with Crippen LogP contribution in [0.4, 0.5) is 4.79 Å². The normalized spacial score (nSPS) is 21.8. The second-order valence-corrected chi connectivity index (χ2v) is 6.76. The number of aldehydes is 1. The van der Waals surface area contributed by atoms with Gasteiger partial charge in [0.25, 0.3) is 0 Å². The van der Waals surface area contributed by atoms with Gasteiger partial charge in [-0.15, -0.1) is 0 Å². The lowest BCUT2D eigenvalue weighted by molar-refractivity contribution is -0.116. The number of likely N-dealkylation sites (tertiary alicyclic amines) is 1. The van der Waals surface area contributed by atoms with E-state index in [4.69, 9.17) is 9.47 Å². The van der Waals surface area contributed by atoms with Gasteiger partial charge < -0.3 is 19.4 Å². The average molecular weight is 369 g/mol. The Morgan fingerprint density at radius 2 is 1.89 bits per heavy atom. The Morgan fingerprint density at radius 3 is 2.48 bits per heavy atom. The third-order valence-electron chi connectivity index (χ3n) is 4.95. The number of hydrogen-bond acceptors (Lipinski definition) is 4. The van der Waals surface area contributed by atoms with Crippen molar-refractivity contribution in [2.45, 2.75) is 31.1 Å². The maximum atomic E-state index is 12.0. The van der Waals surface area contributed by atoms with E-state index in [0.717, 1.165) is 23.2 Å². The van der Waals surface area contributed by atoms with Crippen molar-refractivity contribution in [3.05, 3.63) is 65.7 Å². The van der Waals surface area contributed by atoms with Crippen LogP contribution in [0.2, 0.25) is 0 Å². The van der Waals surface area contributed by atoms with E-state index < -0.39 is 11.6 Å². The summed E-state index contributed by atoms with van der Waals surface area (Å²) >= 11 is 0. The second-order valence-electron chi connectivity index (χ2n) is 6.76. The molecule has 0 aliphatic carbocycles. The van der Waals surface area contributed by atoms with E-state index in [9.17, 15) is 14.7 Å². The van der Waals surface area contributed by atoms with Crippen LogP contribution in [0, 0.1) is 0 Å². The molecular formula is C21H23NO5. The van der Waals surface area contributed by atoms with Crippen LogP contribution >= 0.6 is 0 Å². The fourth-order valence-corrected chi connectivity index (χ4v) is 3.54. The van der Waals surface area contributed by atoms with Gasteiger partial charge >= 0.3 is 6.09 Å². The predicted molar refractivity (Wildman–Crippen MR) is 99.9 cm³/mol. The van der Waals surface area contributed by atoms with Crippen molar-refractivity contribution in [3.63, 3.8) is 0 Å². The van der Waals surface area contributed by atoms with Crippen molar-refractivity contribution < 1.29 is 24.2 Å². The van der Waals surface area contributed by atoms with Gasteiger partial charge in [-0.2, -0.15) is 0 Å². The molecule has 1 aliphatic heterocycles. The molecule has 142 valence electrons. The average Bonchev–Trinajstić information content (AvgIpc) is 3.07. The third-order valence-corrected chi connectivity index (χ3v) is 4.95. The van der Waals surface area contributed by atoms with Crippen LogP contribution in [-0.4, -0.2) is 47.7 Å². The molecule has 2 aromatic carbocycles. The summed E-state index contributed by atoms with van der Waals surface area (Å²) in [5.41, 5.74) is 0.786. The van der Waals surface area contributed by atoms with E-state index >= 15 is 0 Å². The number of amides is 1. The molecule has 6 heteroatoms. The molecule has 0 bridgehead atoms. The van der Waals surface area contributed by atoms with Crippen LogP contribution in [0.3, 0.4) is 0 Å². The van der Waals surface area contributed by atoms with Gasteiger partial charge in [0, 0.05) is 12.8 Å². The molecular weight excluding hydrogens is 346 g/mol. The first kappa shape index (κ1) is 18.9. The lowest BCUT2D eigenvalue weighted by Gasteiger charge is -2.31. The van der Waals surface area contributed by atoms with E-state index in [1.165, 1.54) is 4.90 Å². The molecule has 27 heavy (non-hydrogen) atoms. The van der Waals surface area contributed by atoms with Crippen molar-refractivity contribution in [2.75, 3.05) is 13.7 Å². The third kappa shape index (κ3) is 4.28. The fraction of sp³-hybridized carbons (Fsp3) is 0.333. The maximum absolute atomic E-state index is 12.0. The minimum Gasteiger partial charge on any atom is -0.497 e. The van der Waals surface area contributed by atoms with Crippen LogP contribution in [0.25, 0.3) is 0 Å². The monoisotopic (exact) mass is 369 g/mol. The smallest absolute Gasteiger partial charge is 0.408 e. The molecule has 1 aliphatic rings. The summed E-state index contributed by atoms with van der Waals surface area (Å²) in [6, 6.07) is 17.0. The Bertz CT molecular complexity index is 777. The van der Waals surface area contributed by atoms with E-state index in [2.05, 4.69) is 0 Å². The second kappa shape index (κ2) is 8.22. The largest absolute Gasteiger partial charge is 0.497 e. The topological polar surface area (TPSA) is 76.1 Å². The van der Waals surface area contributed by atoms with Crippen molar-refractivity contribution in [3.8, 4) is 5.75 Å². The van der Waals surface area contributed by atoms with Crippen molar-refractivity contribution in [2.24, 2.45) is 0 Å². The minimum absolute atomic E-state index is 0.178. The van der Waals surface area contributed by atoms with E-state index in [1.807, 2.05) is 54.6 Å². The summed E-state index contributed by atoms with van der Waals surface area (Å²) in [5, 5.41) is 9.62. The van der Waals surface area contributed by atoms with Crippen LogP contribution < -0.4 is 4.74 Å². The van der Waals surface area contributed by atoms with Gasteiger partial charge in [0.05, 0.1) is 26.4 Å². The molecule has 2 aromatic rings. The summed E-state index contributed by atoms with van der Waals surface area (Å²) < 4.78 is 11.1. The van der Waals surface area contributed by atoms with Crippen molar-refractivity contribution in [1.29, 1.82) is 0 Å². The molecule has 1 fully saturated rings. The number of hydrogen-bond donors (Lipinski definition) is 1. The molecule has 0 aromatic heterocycles. The van der Waals surface area contributed by atoms with Crippen molar-refractivity contribution >= 4 is 12.4 Å². The minimum atomic E-state index is -1.10. The summed E-state index contributed by atoms with van der Waals surface area (Å²) in [6.07, 6.45) is -0.00391. The fourth-order valence-electron chi connectivity index (χ4n) is 3.54. The summed E-state index contributed by atoms with van der Waals surface area (Å²) in [7, 11) is 1.61. The van der Waals surface area contributed by atoms with Crippen molar-refractivity contribution in [1.82, 2.24) is 4.90 Å². The van der Waals surface area contributed by atoms with Gasteiger partial charge in [-0.25, -0.2) is 4.79 Å². The van der Waals surface area contributed by atoms with Gasteiger partial charge in [0.15, 0.2) is 0 Å². The van der Waals surface area contributed by atoms with Crippen LogP contribution in [0.5, 0.6) is 5.75 Å². The molecule has 0 spiro atoms. The molecule has 1 amide bonds. The van der Waals surface area contributed by atoms with Crippen LogP contribution in [0.15, 0.2) is 54.6 Å². The lowest BCUT2D eigenvalue weighted by Crippen LogP contribution is -2.49. The van der Waals surface area contributed by atoms with E-state index in [1.54, 1.807) is 7.11 Å². The molecule has 0 saturated carbocycles. The number of carboxylic acid groups (broad SMARTS) is 1. The Labute approximate surface area is 158 Å². The predicted octanol–water partition coefficient (Wildman–Crippen LogP) is 3.14. The molecule has 0 unspecified atom stereocenters. The number of rotatable bonds is 7.